The van der Waals surface area contributed by atoms with Gasteiger partial charge in [-0.25, -0.2) is 4.99 Å². The van der Waals surface area contributed by atoms with Crippen molar-refractivity contribution in [2.75, 3.05) is 46.8 Å². The Labute approximate surface area is 182 Å². The highest BCUT2D eigenvalue weighted by molar-refractivity contribution is 5.94. The summed E-state index contributed by atoms with van der Waals surface area (Å²) >= 11 is 0. The van der Waals surface area contributed by atoms with Crippen LogP contribution in [-0.4, -0.2) is 68.5 Å². The van der Waals surface area contributed by atoms with Crippen molar-refractivity contribution in [2.24, 2.45) is 10.4 Å². The molecule has 1 aromatic carbocycles. The maximum absolute atomic E-state index is 12.4. The highest BCUT2D eigenvalue weighted by Crippen LogP contribution is 2.43. The minimum absolute atomic E-state index is 0.0200. The molecule has 0 aromatic heterocycles. The Kier molecular flexibility index (Phi) is 8.14. The van der Waals surface area contributed by atoms with Gasteiger partial charge in [-0.3, -0.25) is 4.79 Å². The van der Waals surface area contributed by atoms with Gasteiger partial charge in [0.05, 0.1) is 6.54 Å². The van der Waals surface area contributed by atoms with E-state index >= 15 is 0 Å². The van der Waals surface area contributed by atoms with Crippen molar-refractivity contribution >= 4 is 11.9 Å². The van der Waals surface area contributed by atoms with Crippen LogP contribution in [0.1, 0.15) is 61.4 Å². The monoisotopic (exact) mass is 413 g/mol. The third kappa shape index (κ3) is 6.21. The molecule has 1 amide bonds. The van der Waals surface area contributed by atoms with Crippen LogP contribution in [0.3, 0.4) is 0 Å². The molecule has 1 aliphatic heterocycles. The number of likely N-dealkylation sites (N-methyl/N-ethyl adjacent to an activating group) is 1. The summed E-state index contributed by atoms with van der Waals surface area (Å²) in [6.07, 6.45) is 8.19. The molecule has 3 rings (SSSR count). The number of hydrogen-bond donors (Lipinski definition) is 2. The zero-order valence-corrected chi connectivity index (χ0v) is 19.0. The molecule has 1 aliphatic carbocycles. The molecule has 0 radical (unpaired) electrons. The summed E-state index contributed by atoms with van der Waals surface area (Å²) in [5.41, 5.74) is 2.28. The second-order valence-electron chi connectivity index (χ2n) is 9.16. The summed E-state index contributed by atoms with van der Waals surface area (Å²) in [6, 6.07) is 7.84. The molecule has 30 heavy (non-hydrogen) atoms. The summed E-state index contributed by atoms with van der Waals surface area (Å²) in [4.78, 5) is 21.8. The van der Waals surface area contributed by atoms with E-state index in [-0.39, 0.29) is 5.91 Å². The van der Waals surface area contributed by atoms with Gasteiger partial charge in [-0.1, -0.05) is 31.4 Å². The average Bonchev–Trinajstić information content (AvgIpc) is 3.14. The van der Waals surface area contributed by atoms with E-state index in [1.807, 2.05) is 32.3 Å². The first-order valence-electron chi connectivity index (χ1n) is 11.6. The molecule has 6 nitrogen and oxygen atoms in total. The van der Waals surface area contributed by atoms with Crippen LogP contribution in [0.5, 0.6) is 0 Å². The Bertz CT molecular complexity index is 724. The fraction of sp³-hybridized carbons (Fsp3) is 0.667. The van der Waals surface area contributed by atoms with Crippen LogP contribution in [0.4, 0.5) is 0 Å². The molecule has 166 valence electrons. The van der Waals surface area contributed by atoms with Gasteiger partial charge in [0.1, 0.15) is 0 Å². The zero-order valence-electron chi connectivity index (χ0n) is 19.0. The molecule has 1 saturated carbocycles. The smallest absolute Gasteiger partial charge is 0.251 e. The third-order valence-electron chi connectivity index (χ3n) is 6.43. The predicted octanol–water partition coefficient (Wildman–Crippen LogP) is 3.10. The van der Waals surface area contributed by atoms with Crippen LogP contribution in [0.25, 0.3) is 0 Å². The normalized spacial score (nSPS) is 18.8. The number of likely N-dealkylation sites (tertiary alicyclic amines) is 1. The molecule has 1 saturated heterocycles. The van der Waals surface area contributed by atoms with Crippen molar-refractivity contribution in [3.8, 4) is 0 Å². The van der Waals surface area contributed by atoms with Crippen molar-refractivity contribution in [1.82, 2.24) is 20.4 Å². The van der Waals surface area contributed by atoms with Crippen LogP contribution in [0.2, 0.25) is 0 Å². The first-order valence-corrected chi connectivity index (χ1v) is 11.6. The van der Waals surface area contributed by atoms with Crippen LogP contribution in [0, 0.1) is 5.41 Å². The summed E-state index contributed by atoms with van der Waals surface area (Å²) in [7, 11) is 4.01. The lowest BCUT2D eigenvalue weighted by molar-refractivity contribution is 0.0951. The Balaban J connectivity index is 1.61. The Morgan fingerprint density at radius 3 is 2.70 bits per heavy atom. The van der Waals surface area contributed by atoms with Gasteiger partial charge in [-0.2, -0.15) is 0 Å². The standard InChI is InChI=1S/C24H39N5O/c1-4-25-23(29-15-13-24(19-29)11-6-5-7-12-24)27-18-20-9-8-10-21(17-20)22(30)26-14-16-28(2)3/h8-10,17H,4-7,11-16,18-19H2,1-3H3,(H,25,27)(H,26,30). The van der Waals surface area contributed by atoms with E-state index in [1.165, 1.54) is 38.5 Å². The summed E-state index contributed by atoms with van der Waals surface area (Å²) < 4.78 is 0. The van der Waals surface area contributed by atoms with E-state index in [0.717, 1.165) is 37.7 Å². The van der Waals surface area contributed by atoms with E-state index in [2.05, 4.69) is 33.4 Å². The van der Waals surface area contributed by atoms with Gasteiger partial charge in [0.2, 0.25) is 0 Å². The van der Waals surface area contributed by atoms with Gasteiger partial charge in [0.25, 0.3) is 5.91 Å². The number of aliphatic imine (C=N–C) groups is 1. The van der Waals surface area contributed by atoms with Gasteiger partial charge >= 0.3 is 0 Å². The van der Waals surface area contributed by atoms with E-state index in [4.69, 9.17) is 4.99 Å². The molecule has 1 aromatic rings. The Hall–Kier alpha value is -2.08. The molecular weight excluding hydrogens is 374 g/mol. The van der Waals surface area contributed by atoms with Gasteiger partial charge < -0.3 is 20.4 Å². The number of nitrogens with zero attached hydrogens (tertiary/aromatic N) is 3. The molecular formula is C24H39N5O. The predicted molar refractivity (Wildman–Crippen MR) is 124 cm³/mol. The van der Waals surface area contributed by atoms with E-state index in [1.54, 1.807) is 0 Å². The lowest BCUT2D eigenvalue weighted by Gasteiger charge is -2.33. The number of amides is 1. The van der Waals surface area contributed by atoms with E-state index < -0.39 is 0 Å². The second-order valence-corrected chi connectivity index (χ2v) is 9.16. The molecule has 2 N–H and O–H groups in total. The van der Waals surface area contributed by atoms with Crippen LogP contribution < -0.4 is 10.6 Å². The second kappa shape index (κ2) is 10.8. The van der Waals surface area contributed by atoms with Crippen molar-refractivity contribution in [3.05, 3.63) is 35.4 Å². The minimum Gasteiger partial charge on any atom is -0.357 e. The average molecular weight is 414 g/mol. The highest BCUT2D eigenvalue weighted by Gasteiger charge is 2.39. The van der Waals surface area contributed by atoms with Crippen molar-refractivity contribution < 1.29 is 4.79 Å². The molecule has 2 aliphatic rings. The molecule has 1 spiro atoms. The fourth-order valence-electron chi connectivity index (χ4n) is 4.72. The van der Waals surface area contributed by atoms with Crippen molar-refractivity contribution in [2.45, 2.75) is 52.0 Å². The minimum atomic E-state index is -0.0200. The topological polar surface area (TPSA) is 60.0 Å². The Morgan fingerprint density at radius 2 is 1.97 bits per heavy atom. The molecule has 6 heteroatoms. The molecule has 0 unspecified atom stereocenters. The molecule has 0 bridgehead atoms. The van der Waals surface area contributed by atoms with E-state index in [0.29, 0.717) is 24.1 Å². The molecule has 1 heterocycles. The first-order chi connectivity index (χ1) is 14.5. The van der Waals surface area contributed by atoms with Crippen LogP contribution in [-0.2, 0) is 6.54 Å². The zero-order chi connectivity index (χ0) is 21.4. The van der Waals surface area contributed by atoms with Crippen LogP contribution in [0.15, 0.2) is 29.3 Å². The van der Waals surface area contributed by atoms with Gasteiger partial charge in [0, 0.05) is 38.3 Å². The molecule has 0 atom stereocenters. The maximum Gasteiger partial charge on any atom is 0.251 e. The van der Waals surface area contributed by atoms with Gasteiger partial charge in [-0.05, 0) is 63.4 Å². The van der Waals surface area contributed by atoms with Gasteiger partial charge in [0.15, 0.2) is 5.96 Å². The largest absolute Gasteiger partial charge is 0.357 e. The number of carbonyl (C=O) groups excluding carboxylic acids is 1. The number of benzene rings is 1. The summed E-state index contributed by atoms with van der Waals surface area (Å²) in [5.74, 6) is 0.995. The van der Waals surface area contributed by atoms with Gasteiger partial charge in [-0.15, -0.1) is 0 Å². The highest BCUT2D eigenvalue weighted by atomic mass is 16.1. The lowest BCUT2D eigenvalue weighted by Crippen LogP contribution is -2.41. The fourth-order valence-corrected chi connectivity index (χ4v) is 4.72. The number of nitrogens with one attached hydrogen (secondary N) is 2. The summed E-state index contributed by atoms with van der Waals surface area (Å²) in [6.45, 7) is 7.30. The number of hydrogen-bond acceptors (Lipinski definition) is 3. The lowest BCUT2D eigenvalue weighted by atomic mass is 9.73. The van der Waals surface area contributed by atoms with Crippen molar-refractivity contribution in [3.63, 3.8) is 0 Å². The SMILES string of the molecule is CCNC(=NCc1cccc(C(=O)NCCN(C)C)c1)N1CCC2(CCCCC2)C1. The number of carbonyl (C=O) groups is 1. The van der Waals surface area contributed by atoms with Crippen LogP contribution >= 0.6 is 0 Å². The Morgan fingerprint density at radius 1 is 1.17 bits per heavy atom. The third-order valence-corrected chi connectivity index (χ3v) is 6.43. The number of guanidine groups is 1. The van der Waals surface area contributed by atoms with E-state index in [9.17, 15) is 4.79 Å². The maximum atomic E-state index is 12.4. The quantitative estimate of drug-likeness (QED) is 0.533. The summed E-state index contributed by atoms with van der Waals surface area (Å²) in [5, 5.41) is 6.47. The number of rotatable bonds is 7. The first kappa shape index (κ1) is 22.6. The molecule has 2 fully saturated rings. The van der Waals surface area contributed by atoms with Crippen molar-refractivity contribution in [1.29, 1.82) is 0 Å².